The fourth-order valence-corrected chi connectivity index (χ4v) is 2.85. The van der Waals surface area contributed by atoms with Crippen molar-refractivity contribution in [3.05, 3.63) is 22.7 Å². The molecule has 0 aliphatic rings. The number of hydrogen-bond donors (Lipinski definition) is 1. The Morgan fingerprint density at radius 1 is 1.62 bits per heavy atom. The van der Waals surface area contributed by atoms with Gasteiger partial charge in [0.05, 0.1) is 16.8 Å². The zero-order valence-corrected chi connectivity index (χ0v) is 10.1. The monoisotopic (exact) mass is 238 g/mol. The van der Waals surface area contributed by atoms with Gasteiger partial charge in [0, 0.05) is 19.2 Å². The van der Waals surface area contributed by atoms with E-state index in [1.807, 2.05) is 23.1 Å². The second kappa shape index (κ2) is 4.27. The second-order valence-electron chi connectivity index (χ2n) is 3.45. The first-order valence-corrected chi connectivity index (χ1v) is 6.00. The Hall–Kier alpha value is -1.33. The summed E-state index contributed by atoms with van der Waals surface area (Å²) in [6.07, 6.45) is 0. The molecule has 16 heavy (non-hydrogen) atoms. The highest BCUT2D eigenvalue weighted by Gasteiger charge is 2.21. The predicted molar refractivity (Wildman–Crippen MR) is 64.6 cm³/mol. The molecule has 2 rings (SSSR count). The number of fused-ring (bicyclic) bond motifs is 1. The lowest BCUT2D eigenvalue weighted by atomic mass is 10.2. The highest BCUT2D eigenvalue weighted by Crippen LogP contribution is 2.30. The van der Waals surface area contributed by atoms with Crippen molar-refractivity contribution >= 4 is 27.5 Å². The van der Waals surface area contributed by atoms with E-state index in [-0.39, 0.29) is 5.97 Å². The zero-order valence-electron chi connectivity index (χ0n) is 9.32. The van der Waals surface area contributed by atoms with E-state index < -0.39 is 0 Å². The molecular weight excluding hydrogens is 224 g/mol. The summed E-state index contributed by atoms with van der Waals surface area (Å²) in [4.78, 5) is 11.8. The number of nitrogens with zero attached hydrogens (tertiary/aromatic N) is 1. The summed E-state index contributed by atoms with van der Waals surface area (Å²) in [5, 5.41) is 2.00. The maximum absolute atomic E-state index is 11.8. The molecule has 0 saturated carbocycles. The van der Waals surface area contributed by atoms with Crippen molar-refractivity contribution in [2.45, 2.75) is 13.5 Å². The second-order valence-corrected chi connectivity index (χ2v) is 4.36. The molecule has 0 spiro atoms. The third-order valence-corrected chi connectivity index (χ3v) is 3.54. The minimum absolute atomic E-state index is 0.297. The minimum atomic E-state index is -0.297. The predicted octanol–water partition coefficient (Wildman–Crippen LogP) is 1.88. The number of carbonyl (C=O) groups is 1. The average molecular weight is 238 g/mol. The van der Waals surface area contributed by atoms with Crippen LogP contribution in [-0.4, -0.2) is 17.1 Å². The summed E-state index contributed by atoms with van der Waals surface area (Å²) in [7, 11) is 1.86. The molecule has 4 nitrogen and oxygen atoms in total. The van der Waals surface area contributed by atoms with Gasteiger partial charge < -0.3 is 15.0 Å². The minimum Gasteiger partial charge on any atom is -0.461 e. The van der Waals surface area contributed by atoms with Gasteiger partial charge >= 0.3 is 5.97 Å². The van der Waals surface area contributed by atoms with Crippen molar-refractivity contribution in [1.29, 1.82) is 0 Å². The third kappa shape index (κ3) is 1.52. The van der Waals surface area contributed by atoms with Crippen molar-refractivity contribution in [2.75, 3.05) is 6.61 Å². The van der Waals surface area contributed by atoms with E-state index in [9.17, 15) is 4.79 Å². The first-order valence-electron chi connectivity index (χ1n) is 5.12. The molecule has 2 heterocycles. The van der Waals surface area contributed by atoms with Gasteiger partial charge in [-0.25, -0.2) is 4.79 Å². The molecule has 0 aromatic carbocycles. The molecule has 0 unspecified atom stereocenters. The maximum atomic E-state index is 11.8. The van der Waals surface area contributed by atoms with Gasteiger partial charge in [-0.15, -0.1) is 11.3 Å². The summed E-state index contributed by atoms with van der Waals surface area (Å²) >= 11 is 1.60. The highest BCUT2D eigenvalue weighted by atomic mass is 32.1. The smallest absolute Gasteiger partial charge is 0.355 e. The van der Waals surface area contributed by atoms with Crippen LogP contribution in [0.3, 0.4) is 0 Å². The molecule has 5 heteroatoms. The number of nitrogens with two attached hydrogens (primary N) is 1. The molecule has 0 saturated heterocycles. The van der Waals surface area contributed by atoms with Crippen LogP contribution in [0, 0.1) is 0 Å². The number of hydrogen-bond acceptors (Lipinski definition) is 4. The topological polar surface area (TPSA) is 57.2 Å². The lowest BCUT2D eigenvalue weighted by Gasteiger charge is -2.05. The molecular formula is C11H14N2O2S. The van der Waals surface area contributed by atoms with E-state index in [0.29, 0.717) is 18.8 Å². The van der Waals surface area contributed by atoms with Crippen LogP contribution in [0.2, 0.25) is 0 Å². The molecule has 0 atom stereocenters. The van der Waals surface area contributed by atoms with Crippen molar-refractivity contribution in [1.82, 2.24) is 4.57 Å². The fraction of sp³-hybridized carbons (Fsp3) is 0.364. The van der Waals surface area contributed by atoms with Crippen molar-refractivity contribution in [3.63, 3.8) is 0 Å². The standard InChI is InChI=1S/C11H14N2O2S/c1-3-15-11(14)9-7(6-12)10-8(13(9)2)4-5-16-10/h4-5H,3,6,12H2,1-2H3. The van der Waals surface area contributed by atoms with Gasteiger partial charge in [0.15, 0.2) is 0 Å². The maximum Gasteiger partial charge on any atom is 0.355 e. The summed E-state index contributed by atoms with van der Waals surface area (Å²) in [5.74, 6) is -0.297. The molecule has 2 N–H and O–H groups in total. The lowest BCUT2D eigenvalue weighted by Crippen LogP contribution is -2.13. The van der Waals surface area contributed by atoms with E-state index in [0.717, 1.165) is 15.8 Å². The Bertz CT molecular complexity index is 527. The van der Waals surface area contributed by atoms with Gasteiger partial charge in [-0.05, 0) is 18.4 Å². The van der Waals surface area contributed by atoms with Crippen LogP contribution in [-0.2, 0) is 18.3 Å². The van der Waals surface area contributed by atoms with Gasteiger partial charge in [-0.2, -0.15) is 0 Å². The number of carbonyl (C=O) groups excluding carboxylic acids is 1. The number of rotatable bonds is 3. The van der Waals surface area contributed by atoms with Crippen molar-refractivity contribution in [2.24, 2.45) is 12.8 Å². The van der Waals surface area contributed by atoms with E-state index in [1.54, 1.807) is 18.3 Å². The Morgan fingerprint density at radius 3 is 3.00 bits per heavy atom. The Labute approximate surface area is 97.6 Å². The van der Waals surface area contributed by atoms with E-state index in [1.165, 1.54) is 0 Å². The van der Waals surface area contributed by atoms with Gasteiger partial charge in [0.25, 0.3) is 0 Å². The largest absolute Gasteiger partial charge is 0.461 e. The molecule has 0 aliphatic carbocycles. The number of aromatic nitrogens is 1. The average Bonchev–Trinajstić information content (AvgIpc) is 2.81. The van der Waals surface area contributed by atoms with Gasteiger partial charge in [-0.1, -0.05) is 0 Å². The number of thiophene rings is 1. The quantitative estimate of drug-likeness (QED) is 0.830. The van der Waals surface area contributed by atoms with Crippen LogP contribution in [0.15, 0.2) is 11.4 Å². The summed E-state index contributed by atoms with van der Waals surface area (Å²) in [6, 6.07) is 1.99. The summed E-state index contributed by atoms with van der Waals surface area (Å²) in [5.41, 5.74) is 8.20. The van der Waals surface area contributed by atoms with Crippen LogP contribution < -0.4 is 5.73 Å². The normalized spacial score (nSPS) is 10.9. The van der Waals surface area contributed by atoms with Crippen LogP contribution in [0.1, 0.15) is 23.0 Å². The van der Waals surface area contributed by atoms with Gasteiger partial charge in [0.2, 0.25) is 0 Å². The van der Waals surface area contributed by atoms with Gasteiger partial charge in [0.1, 0.15) is 5.69 Å². The Balaban J connectivity index is 2.62. The molecule has 2 aromatic rings. The molecule has 0 fully saturated rings. The third-order valence-electron chi connectivity index (χ3n) is 2.57. The molecule has 0 aliphatic heterocycles. The molecule has 0 bridgehead atoms. The van der Waals surface area contributed by atoms with Crippen molar-refractivity contribution in [3.8, 4) is 0 Å². The van der Waals surface area contributed by atoms with Crippen LogP contribution in [0.5, 0.6) is 0 Å². The van der Waals surface area contributed by atoms with E-state index in [2.05, 4.69) is 0 Å². The van der Waals surface area contributed by atoms with Crippen LogP contribution >= 0.6 is 11.3 Å². The highest BCUT2D eigenvalue weighted by molar-refractivity contribution is 7.17. The van der Waals surface area contributed by atoms with E-state index in [4.69, 9.17) is 10.5 Å². The summed E-state index contributed by atoms with van der Waals surface area (Å²) in [6.45, 7) is 2.53. The first-order chi connectivity index (χ1) is 7.70. The lowest BCUT2D eigenvalue weighted by molar-refractivity contribution is 0.0514. The molecule has 2 aromatic heterocycles. The SMILES string of the molecule is CCOC(=O)c1c(CN)c2sccc2n1C. The molecule has 86 valence electrons. The molecule has 0 radical (unpaired) electrons. The van der Waals surface area contributed by atoms with Crippen LogP contribution in [0.25, 0.3) is 10.2 Å². The first kappa shape index (κ1) is 11.2. The Kier molecular flexibility index (Phi) is 2.98. The Morgan fingerprint density at radius 2 is 2.38 bits per heavy atom. The van der Waals surface area contributed by atoms with E-state index >= 15 is 0 Å². The number of esters is 1. The fourth-order valence-electron chi connectivity index (χ4n) is 1.87. The van der Waals surface area contributed by atoms with Gasteiger partial charge in [-0.3, -0.25) is 0 Å². The zero-order chi connectivity index (χ0) is 11.7. The molecule has 0 amide bonds. The van der Waals surface area contributed by atoms with Crippen molar-refractivity contribution < 1.29 is 9.53 Å². The van der Waals surface area contributed by atoms with Crippen LogP contribution in [0.4, 0.5) is 0 Å². The number of ether oxygens (including phenoxy) is 1. The number of aryl methyl sites for hydroxylation is 1. The summed E-state index contributed by atoms with van der Waals surface area (Å²) < 4.78 is 7.97.